The monoisotopic (exact) mass is 92.0 g/mol. The lowest BCUT2D eigenvalue weighted by Crippen LogP contribution is -1.54. The van der Waals surface area contributed by atoms with Gasteiger partial charge >= 0.3 is 6.29 Å². The molecule has 0 saturated heterocycles. The summed E-state index contributed by atoms with van der Waals surface area (Å²) in [4.78, 5) is 8.11. The quantitative estimate of drug-likeness (QED) is 0.325. The normalized spacial score (nSPS) is 4.67. The summed E-state index contributed by atoms with van der Waals surface area (Å²) in [5.74, 6) is 0. The Bertz CT molecular complexity index is 53.1. The van der Waals surface area contributed by atoms with Crippen molar-refractivity contribution in [1.82, 2.24) is 0 Å². The minimum absolute atomic E-state index is 2.83. The summed E-state index contributed by atoms with van der Waals surface area (Å²) in [6, 6.07) is 0. The van der Waals surface area contributed by atoms with Gasteiger partial charge in [0, 0.05) is 0 Å². The summed E-state index contributed by atoms with van der Waals surface area (Å²) < 4.78 is 19.4. The first-order chi connectivity index (χ1) is 2.73. The van der Waals surface area contributed by atoms with Crippen LogP contribution in [0, 0.1) is 12.8 Å². The van der Waals surface area contributed by atoms with Crippen LogP contribution in [0.2, 0.25) is 0 Å². The maximum Gasteiger partial charge on any atom is 0.483 e. The van der Waals surface area contributed by atoms with Crippen LogP contribution in [0.25, 0.3) is 0 Å². The van der Waals surface area contributed by atoms with Crippen LogP contribution in [-0.4, -0.2) is 6.29 Å². The molecule has 0 aliphatic carbocycles. The van der Waals surface area contributed by atoms with E-state index in [-0.39, 0.29) is 0 Å². The third-order valence-electron chi connectivity index (χ3n) is 0. The first kappa shape index (κ1) is 8.92. The van der Waals surface area contributed by atoms with Gasteiger partial charge in [0.25, 0.3) is 0 Å². The maximum atomic E-state index is 9.69. The number of carbonyl (C=O) groups excluding carboxylic acids is 1. The molecule has 0 heterocycles. The molecule has 0 aromatic rings. The van der Waals surface area contributed by atoms with Crippen LogP contribution in [0.4, 0.5) is 13.6 Å². The van der Waals surface area contributed by atoms with Crippen molar-refractivity contribution in [1.29, 1.82) is 0 Å². The zero-order chi connectivity index (χ0) is 5.58. The smallest absolute Gasteiger partial charge is 0.219 e. The predicted octanol–water partition coefficient (Wildman–Crippen LogP) is 1.29. The van der Waals surface area contributed by atoms with Crippen molar-refractivity contribution in [3.05, 3.63) is 0 Å². The molecule has 0 atom stereocenters. The summed E-state index contributed by atoms with van der Waals surface area (Å²) in [6.07, 6.45) is 5.17. The molecular formula is C3H2F2O. The van der Waals surface area contributed by atoms with E-state index in [1.165, 1.54) is 0 Å². The highest BCUT2D eigenvalue weighted by atomic mass is 19.3. The summed E-state index contributed by atoms with van der Waals surface area (Å²) in [7, 11) is 0. The molecule has 0 aliphatic heterocycles. The van der Waals surface area contributed by atoms with Gasteiger partial charge in [0.2, 0.25) is 0 Å². The fourth-order valence-electron chi connectivity index (χ4n) is 0. The molecule has 0 amide bonds. The molecule has 6 heavy (non-hydrogen) atoms. The lowest BCUT2D eigenvalue weighted by molar-refractivity contribution is 0.199. The highest BCUT2D eigenvalue weighted by Gasteiger charge is 1.78. The Hall–Kier alpha value is -0.910. The van der Waals surface area contributed by atoms with E-state index in [0.29, 0.717) is 0 Å². The van der Waals surface area contributed by atoms with Crippen LogP contribution in [0.3, 0.4) is 0 Å². The van der Waals surface area contributed by atoms with Gasteiger partial charge in [-0.05, 0) is 0 Å². The summed E-state index contributed by atoms with van der Waals surface area (Å²) in [6.45, 7) is 0. The maximum absolute atomic E-state index is 9.69. The molecule has 0 saturated carbocycles. The van der Waals surface area contributed by atoms with Crippen molar-refractivity contribution < 1.29 is 13.6 Å². The van der Waals surface area contributed by atoms with E-state index < -0.39 is 6.29 Å². The highest BCUT2D eigenvalue weighted by Crippen LogP contribution is 1.70. The van der Waals surface area contributed by atoms with Crippen molar-refractivity contribution in [2.45, 2.75) is 0 Å². The Morgan fingerprint density at radius 3 is 1.33 bits per heavy atom. The first-order valence-corrected chi connectivity index (χ1v) is 0.915. The number of hydrogen-bond acceptors (Lipinski definition) is 1. The Morgan fingerprint density at radius 2 is 1.33 bits per heavy atom. The van der Waals surface area contributed by atoms with E-state index in [4.69, 9.17) is 4.79 Å². The summed E-state index contributed by atoms with van der Waals surface area (Å²) in [5.41, 5.74) is 0. The molecule has 0 unspecified atom stereocenters. The third-order valence-corrected chi connectivity index (χ3v) is 0. The van der Waals surface area contributed by atoms with Gasteiger partial charge in [-0.1, -0.05) is 0 Å². The molecule has 34 valence electrons. The van der Waals surface area contributed by atoms with Gasteiger partial charge in [-0.25, -0.2) is 4.79 Å². The number of rotatable bonds is 0. The van der Waals surface area contributed by atoms with Crippen LogP contribution in [-0.2, 0) is 0 Å². The van der Waals surface area contributed by atoms with Crippen molar-refractivity contribution in [2.24, 2.45) is 0 Å². The van der Waals surface area contributed by atoms with Gasteiger partial charge in [-0.2, -0.15) is 0 Å². The van der Waals surface area contributed by atoms with E-state index in [1.54, 1.807) is 0 Å². The molecular weight excluding hydrogens is 90.0 g/mol. The van der Waals surface area contributed by atoms with E-state index in [9.17, 15) is 8.78 Å². The Balaban J connectivity index is 0. The lowest BCUT2D eigenvalue weighted by atomic mass is 11.4. The molecule has 0 rings (SSSR count). The van der Waals surface area contributed by atoms with Gasteiger partial charge in [0.05, 0.1) is 0 Å². The second-order valence-electron chi connectivity index (χ2n) is 0.226. The van der Waals surface area contributed by atoms with Gasteiger partial charge in [-0.3, -0.25) is 0 Å². The number of terminal acetylenes is 1. The molecule has 0 fully saturated rings. The standard InChI is InChI=1S/C2H2.CF2O/c1-2;2-1(3)4/h1-2H;. The molecule has 0 radical (unpaired) electrons. The highest BCUT2D eigenvalue weighted by molar-refractivity contribution is 5.55. The Kier molecular flexibility index (Phi) is 13.3. The first-order valence-electron chi connectivity index (χ1n) is 0.915. The largest absolute Gasteiger partial charge is 0.483 e. The molecule has 0 aromatic carbocycles. The van der Waals surface area contributed by atoms with Crippen LogP contribution >= 0.6 is 0 Å². The molecule has 3 heteroatoms. The van der Waals surface area contributed by atoms with E-state index in [0.717, 1.165) is 0 Å². The van der Waals surface area contributed by atoms with Gasteiger partial charge in [0.15, 0.2) is 0 Å². The van der Waals surface area contributed by atoms with Crippen LogP contribution in [0.15, 0.2) is 0 Å². The van der Waals surface area contributed by atoms with Crippen molar-refractivity contribution in [3.8, 4) is 12.8 Å². The number of carbonyl (C=O) groups is 1. The Morgan fingerprint density at radius 1 is 1.33 bits per heavy atom. The number of hydrogen-bond donors (Lipinski definition) is 0. The molecule has 0 aliphatic rings. The summed E-state index contributed by atoms with van der Waals surface area (Å²) in [5, 5.41) is 0. The van der Waals surface area contributed by atoms with Crippen LogP contribution in [0.5, 0.6) is 0 Å². The zero-order valence-electron chi connectivity index (χ0n) is 2.82. The minimum Gasteiger partial charge on any atom is -0.219 e. The van der Waals surface area contributed by atoms with Gasteiger partial charge in [-0.15, -0.1) is 21.6 Å². The average molecular weight is 92.0 g/mol. The molecule has 0 spiro atoms. The second-order valence-corrected chi connectivity index (χ2v) is 0.226. The van der Waals surface area contributed by atoms with Crippen LogP contribution in [0.1, 0.15) is 0 Å². The molecule has 1 nitrogen and oxygen atoms in total. The fraction of sp³-hybridized carbons (Fsp3) is 0. The van der Waals surface area contributed by atoms with E-state index in [2.05, 4.69) is 12.8 Å². The van der Waals surface area contributed by atoms with Gasteiger partial charge < -0.3 is 0 Å². The minimum atomic E-state index is -2.83. The Labute approximate surface area is 34.0 Å². The van der Waals surface area contributed by atoms with E-state index in [1.807, 2.05) is 0 Å². The van der Waals surface area contributed by atoms with Gasteiger partial charge in [0.1, 0.15) is 0 Å². The molecule has 0 bridgehead atoms. The zero-order valence-corrected chi connectivity index (χ0v) is 2.82. The van der Waals surface area contributed by atoms with Crippen molar-refractivity contribution in [2.75, 3.05) is 0 Å². The average Bonchev–Trinajstić information content (AvgIpc) is 1.41. The topological polar surface area (TPSA) is 17.1 Å². The predicted molar refractivity (Wildman–Crippen MR) is 17.5 cm³/mol. The third kappa shape index (κ3) is 16.3. The lowest BCUT2D eigenvalue weighted by Gasteiger charge is -1.45. The van der Waals surface area contributed by atoms with Crippen molar-refractivity contribution in [3.63, 3.8) is 0 Å². The molecule has 0 N–H and O–H groups in total. The molecule has 0 aromatic heterocycles. The van der Waals surface area contributed by atoms with E-state index >= 15 is 0 Å². The second kappa shape index (κ2) is 8.94. The SMILES string of the molecule is C#C.O=C(F)F. The van der Waals surface area contributed by atoms with Crippen molar-refractivity contribution >= 4 is 6.29 Å². The summed E-state index contributed by atoms with van der Waals surface area (Å²) >= 11 is 0. The number of halogens is 2. The fourth-order valence-corrected chi connectivity index (χ4v) is 0. The van der Waals surface area contributed by atoms with Crippen LogP contribution < -0.4 is 0 Å².